The van der Waals surface area contributed by atoms with E-state index in [-0.39, 0.29) is 17.7 Å². The SMILES string of the molecule is CCN(CC)C(=O)c1ccc(NC(=O)CSCCCC(=O)Nc2c(C)cc(C)cc2C)cc1. The zero-order valence-corrected chi connectivity index (χ0v) is 21.1. The summed E-state index contributed by atoms with van der Waals surface area (Å²) in [7, 11) is 0. The maximum absolute atomic E-state index is 12.3. The minimum Gasteiger partial charge on any atom is -0.339 e. The Morgan fingerprint density at radius 2 is 1.48 bits per heavy atom. The summed E-state index contributed by atoms with van der Waals surface area (Å²) in [6.45, 7) is 11.3. The molecule has 0 fully saturated rings. The number of amides is 3. The van der Waals surface area contributed by atoms with Gasteiger partial charge in [-0.2, -0.15) is 11.8 Å². The number of aryl methyl sites for hydroxylation is 3. The molecule has 0 aromatic heterocycles. The highest BCUT2D eigenvalue weighted by atomic mass is 32.2. The molecule has 0 spiro atoms. The Kier molecular flexibility index (Phi) is 10.5. The van der Waals surface area contributed by atoms with E-state index in [1.54, 1.807) is 29.2 Å². The highest BCUT2D eigenvalue weighted by Crippen LogP contribution is 2.22. The summed E-state index contributed by atoms with van der Waals surface area (Å²) < 4.78 is 0. The molecule has 0 atom stereocenters. The molecule has 0 saturated carbocycles. The molecule has 0 saturated heterocycles. The minimum absolute atomic E-state index is 0.00514. The Labute approximate surface area is 201 Å². The van der Waals surface area contributed by atoms with Crippen molar-refractivity contribution in [2.45, 2.75) is 47.5 Å². The van der Waals surface area contributed by atoms with E-state index in [9.17, 15) is 14.4 Å². The average Bonchev–Trinajstić information content (AvgIpc) is 2.77. The second-order valence-corrected chi connectivity index (χ2v) is 9.19. The lowest BCUT2D eigenvalue weighted by molar-refractivity contribution is -0.116. The molecule has 0 radical (unpaired) electrons. The standard InChI is InChI=1S/C26H35N3O3S/c1-6-29(7-2)26(32)21-10-12-22(13-11-21)27-24(31)17-33-14-8-9-23(30)28-25-19(4)15-18(3)16-20(25)5/h10-13,15-16H,6-9,14,17H2,1-5H3,(H,27,31)(H,28,30). The van der Waals surface area contributed by atoms with Gasteiger partial charge in [0.1, 0.15) is 0 Å². The first-order chi connectivity index (χ1) is 15.7. The second-order valence-electron chi connectivity index (χ2n) is 8.08. The second kappa shape index (κ2) is 13.0. The van der Waals surface area contributed by atoms with Crippen LogP contribution in [0.5, 0.6) is 0 Å². The number of rotatable bonds is 11. The van der Waals surface area contributed by atoms with Crippen LogP contribution in [0.3, 0.4) is 0 Å². The number of thioether (sulfide) groups is 1. The maximum Gasteiger partial charge on any atom is 0.253 e. The molecule has 2 aromatic rings. The molecule has 0 aliphatic rings. The highest BCUT2D eigenvalue weighted by Gasteiger charge is 2.12. The molecule has 7 heteroatoms. The van der Waals surface area contributed by atoms with E-state index in [0.717, 1.165) is 22.6 Å². The highest BCUT2D eigenvalue weighted by molar-refractivity contribution is 7.99. The van der Waals surface area contributed by atoms with Crippen LogP contribution < -0.4 is 10.6 Å². The molecule has 0 heterocycles. The number of hydrogen-bond donors (Lipinski definition) is 2. The van der Waals surface area contributed by atoms with Gasteiger partial charge in [-0.15, -0.1) is 0 Å². The van der Waals surface area contributed by atoms with Crippen molar-refractivity contribution in [1.82, 2.24) is 4.90 Å². The number of benzene rings is 2. The monoisotopic (exact) mass is 469 g/mol. The lowest BCUT2D eigenvalue weighted by Crippen LogP contribution is -2.30. The van der Waals surface area contributed by atoms with Crippen LogP contribution >= 0.6 is 11.8 Å². The van der Waals surface area contributed by atoms with Crippen LogP contribution in [0.25, 0.3) is 0 Å². The van der Waals surface area contributed by atoms with Gasteiger partial charge in [-0.05, 0) is 82.2 Å². The van der Waals surface area contributed by atoms with Gasteiger partial charge < -0.3 is 15.5 Å². The zero-order valence-electron chi connectivity index (χ0n) is 20.3. The predicted octanol–water partition coefficient (Wildman–Crippen LogP) is 5.18. The lowest BCUT2D eigenvalue weighted by atomic mass is 10.0. The summed E-state index contributed by atoms with van der Waals surface area (Å²) in [4.78, 5) is 38.6. The van der Waals surface area contributed by atoms with E-state index in [0.29, 0.717) is 42.9 Å². The fourth-order valence-electron chi connectivity index (χ4n) is 3.67. The van der Waals surface area contributed by atoms with E-state index in [1.807, 2.05) is 34.6 Å². The first kappa shape index (κ1) is 26.5. The van der Waals surface area contributed by atoms with Crippen molar-refractivity contribution >= 4 is 40.9 Å². The van der Waals surface area contributed by atoms with Crippen molar-refractivity contribution < 1.29 is 14.4 Å². The fraction of sp³-hybridized carbons (Fsp3) is 0.423. The quantitative estimate of drug-likeness (QED) is 0.444. The first-order valence-corrected chi connectivity index (χ1v) is 12.5. The molecule has 0 unspecified atom stereocenters. The third kappa shape index (κ3) is 8.24. The van der Waals surface area contributed by atoms with E-state index in [2.05, 4.69) is 22.8 Å². The largest absolute Gasteiger partial charge is 0.339 e. The Morgan fingerprint density at radius 1 is 0.879 bits per heavy atom. The minimum atomic E-state index is -0.0989. The molecule has 3 amide bonds. The van der Waals surface area contributed by atoms with Crippen molar-refractivity contribution in [1.29, 1.82) is 0 Å². The smallest absolute Gasteiger partial charge is 0.253 e. The molecule has 2 rings (SSSR count). The van der Waals surface area contributed by atoms with Gasteiger partial charge in [-0.1, -0.05) is 17.7 Å². The molecule has 2 N–H and O–H groups in total. The summed E-state index contributed by atoms with van der Waals surface area (Å²) in [6.07, 6.45) is 1.12. The Morgan fingerprint density at radius 3 is 2.06 bits per heavy atom. The van der Waals surface area contributed by atoms with Gasteiger partial charge in [0.15, 0.2) is 0 Å². The van der Waals surface area contributed by atoms with Crippen LogP contribution in [0.1, 0.15) is 53.7 Å². The number of anilines is 2. The number of carbonyl (C=O) groups excluding carboxylic acids is 3. The predicted molar refractivity (Wildman–Crippen MR) is 138 cm³/mol. The van der Waals surface area contributed by atoms with E-state index >= 15 is 0 Å². The summed E-state index contributed by atoms with van der Waals surface area (Å²) in [5.74, 6) is 0.930. The van der Waals surface area contributed by atoms with Crippen molar-refractivity contribution in [3.05, 3.63) is 58.7 Å². The number of nitrogens with one attached hydrogen (secondary N) is 2. The number of nitrogens with zero attached hydrogens (tertiary/aromatic N) is 1. The van der Waals surface area contributed by atoms with Crippen LogP contribution in [0.4, 0.5) is 11.4 Å². The van der Waals surface area contributed by atoms with Gasteiger partial charge in [-0.3, -0.25) is 14.4 Å². The van der Waals surface area contributed by atoms with Crippen molar-refractivity contribution in [2.24, 2.45) is 0 Å². The van der Waals surface area contributed by atoms with Crippen LogP contribution in [-0.4, -0.2) is 47.2 Å². The fourth-order valence-corrected chi connectivity index (χ4v) is 4.42. The summed E-state index contributed by atoms with van der Waals surface area (Å²) in [6, 6.07) is 11.1. The molecular formula is C26H35N3O3S. The summed E-state index contributed by atoms with van der Waals surface area (Å²) in [5, 5.41) is 5.86. The molecule has 2 aromatic carbocycles. The lowest BCUT2D eigenvalue weighted by Gasteiger charge is -2.18. The van der Waals surface area contributed by atoms with Gasteiger partial charge in [0.05, 0.1) is 5.75 Å². The van der Waals surface area contributed by atoms with Gasteiger partial charge in [0.2, 0.25) is 11.8 Å². The van der Waals surface area contributed by atoms with Gasteiger partial charge in [0.25, 0.3) is 5.91 Å². The third-order valence-electron chi connectivity index (χ3n) is 5.33. The molecular weight excluding hydrogens is 434 g/mol. The number of hydrogen-bond acceptors (Lipinski definition) is 4. The van der Waals surface area contributed by atoms with Crippen LogP contribution in [0.15, 0.2) is 36.4 Å². The van der Waals surface area contributed by atoms with Crippen LogP contribution in [0.2, 0.25) is 0 Å². The van der Waals surface area contributed by atoms with E-state index in [4.69, 9.17) is 0 Å². The van der Waals surface area contributed by atoms with E-state index < -0.39 is 0 Å². The molecule has 0 aliphatic carbocycles. The topological polar surface area (TPSA) is 78.5 Å². The Balaban J connectivity index is 1.69. The van der Waals surface area contributed by atoms with Gasteiger partial charge >= 0.3 is 0 Å². The zero-order chi connectivity index (χ0) is 24.4. The molecule has 0 aliphatic heterocycles. The molecule has 0 bridgehead atoms. The van der Waals surface area contributed by atoms with Gasteiger partial charge in [0, 0.05) is 36.4 Å². The normalized spacial score (nSPS) is 10.6. The Bertz CT molecular complexity index is 946. The average molecular weight is 470 g/mol. The summed E-state index contributed by atoms with van der Waals surface area (Å²) in [5.41, 5.74) is 5.49. The molecule has 33 heavy (non-hydrogen) atoms. The number of carbonyl (C=O) groups is 3. The summed E-state index contributed by atoms with van der Waals surface area (Å²) >= 11 is 1.50. The van der Waals surface area contributed by atoms with Crippen LogP contribution in [-0.2, 0) is 9.59 Å². The van der Waals surface area contributed by atoms with Crippen molar-refractivity contribution in [3.63, 3.8) is 0 Å². The van der Waals surface area contributed by atoms with Crippen LogP contribution in [0, 0.1) is 20.8 Å². The third-order valence-corrected chi connectivity index (χ3v) is 6.38. The van der Waals surface area contributed by atoms with Crippen molar-refractivity contribution in [2.75, 3.05) is 35.2 Å². The first-order valence-electron chi connectivity index (χ1n) is 11.4. The molecule has 6 nitrogen and oxygen atoms in total. The van der Waals surface area contributed by atoms with E-state index in [1.165, 1.54) is 17.3 Å². The maximum atomic E-state index is 12.3. The van der Waals surface area contributed by atoms with Gasteiger partial charge in [-0.25, -0.2) is 0 Å². The molecule has 178 valence electrons. The Hall–Kier alpha value is -2.80. The van der Waals surface area contributed by atoms with Crippen molar-refractivity contribution in [3.8, 4) is 0 Å².